The number of aromatic nitrogens is 2. The molecule has 0 radical (unpaired) electrons. The van der Waals surface area contributed by atoms with Crippen molar-refractivity contribution in [3.8, 4) is 0 Å². The van der Waals surface area contributed by atoms with Crippen LogP contribution in [0.3, 0.4) is 0 Å². The standard InChI is InChI=1S/C13H14BrIN2O/c1-17-8-9(7-16-17)2-5-13(18)11-6-10(15)3-4-12(11)14/h3-4,6-8,13,18H,2,5H2,1H3. The maximum Gasteiger partial charge on any atom is 0.0804 e. The van der Waals surface area contributed by atoms with Gasteiger partial charge in [0.2, 0.25) is 0 Å². The molecule has 5 heteroatoms. The highest BCUT2D eigenvalue weighted by Gasteiger charge is 2.12. The third-order valence-corrected chi connectivity index (χ3v) is 4.18. The molecule has 1 aromatic heterocycles. The Bertz CT molecular complexity index is 542. The first kappa shape index (κ1) is 14.0. The van der Waals surface area contributed by atoms with Gasteiger partial charge in [0.15, 0.2) is 0 Å². The van der Waals surface area contributed by atoms with Crippen molar-refractivity contribution in [1.82, 2.24) is 9.78 Å². The van der Waals surface area contributed by atoms with Gasteiger partial charge in [0.05, 0.1) is 12.3 Å². The number of hydrogen-bond donors (Lipinski definition) is 1. The van der Waals surface area contributed by atoms with Gasteiger partial charge in [0.25, 0.3) is 0 Å². The smallest absolute Gasteiger partial charge is 0.0804 e. The number of aliphatic hydroxyl groups excluding tert-OH is 1. The van der Waals surface area contributed by atoms with E-state index in [2.05, 4.69) is 43.6 Å². The van der Waals surface area contributed by atoms with Crippen LogP contribution in [0.15, 0.2) is 35.1 Å². The van der Waals surface area contributed by atoms with Gasteiger partial charge in [0.1, 0.15) is 0 Å². The second-order valence-electron chi connectivity index (χ2n) is 4.24. The molecule has 1 N–H and O–H groups in total. The van der Waals surface area contributed by atoms with E-state index in [-0.39, 0.29) is 0 Å². The molecule has 1 unspecified atom stereocenters. The van der Waals surface area contributed by atoms with E-state index in [4.69, 9.17) is 0 Å². The summed E-state index contributed by atoms with van der Waals surface area (Å²) in [6.45, 7) is 0. The molecule has 2 rings (SSSR count). The Morgan fingerprint density at radius 1 is 1.50 bits per heavy atom. The molecule has 0 bridgehead atoms. The van der Waals surface area contributed by atoms with Gasteiger partial charge in [-0.1, -0.05) is 15.9 Å². The number of hydrogen-bond acceptors (Lipinski definition) is 2. The molecule has 0 spiro atoms. The lowest BCUT2D eigenvalue weighted by Gasteiger charge is -2.12. The molecule has 1 atom stereocenters. The summed E-state index contributed by atoms with van der Waals surface area (Å²) in [5.41, 5.74) is 2.10. The minimum Gasteiger partial charge on any atom is -0.388 e. The quantitative estimate of drug-likeness (QED) is 0.769. The fourth-order valence-electron chi connectivity index (χ4n) is 1.83. The average molecular weight is 421 g/mol. The fraction of sp³-hybridized carbons (Fsp3) is 0.308. The number of halogens is 2. The summed E-state index contributed by atoms with van der Waals surface area (Å²) >= 11 is 5.74. The first-order valence-corrected chi connectivity index (χ1v) is 7.54. The molecule has 0 amide bonds. The molecule has 0 aliphatic carbocycles. The largest absolute Gasteiger partial charge is 0.388 e. The Labute approximate surface area is 128 Å². The molecule has 1 heterocycles. The van der Waals surface area contributed by atoms with Crippen LogP contribution in [0.5, 0.6) is 0 Å². The maximum absolute atomic E-state index is 10.2. The van der Waals surface area contributed by atoms with E-state index in [9.17, 15) is 5.11 Å². The first-order valence-electron chi connectivity index (χ1n) is 5.67. The lowest BCUT2D eigenvalue weighted by atomic mass is 10.0. The summed E-state index contributed by atoms with van der Waals surface area (Å²) in [4.78, 5) is 0. The summed E-state index contributed by atoms with van der Waals surface area (Å²) in [6, 6.07) is 6.00. The highest BCUT2D eigenvalue weighted by atomic mass is 127. The minimum absolute atomic E-state index is 0.450. The minimum atomic E-state index is -0.450. The number of nitrogens with zero attached hydrogens (tertiary/aromatic N) is 2. The van der Waals surface area contributed by atoms with Crippen LogP contribution >= 0.6 is 38.5 Å². The molecule has 0 aliphatic heterocycles. The van der Waals surface area contributed by atoms with Crippen molar-refractivity contribution >= 4 is 38.5 Å². The van der Waals surface area contributed by atoms with E-state index in [1.807, 2.05) is 37.6 Å². The van der Waals surface area contributed by atoms with Gasteiger partial charge < -0.3 is 5.11 Å². The Kier molecular flexibility index (Phi) is 4.80. The van der Waals surface area contributed by atoms with Crippen LogP contribution in [0.4, 0.5) is 0 Å². The molecule has 2 aromatic rings. The van der Waals surface area contributed by atoms with Crippen LogP contribution in [0.2, 0.25) is 0 Å². The molecule has 0 saturated heterocycles. The number of benzene rings is 1. The van der Waals surface area contributed by atoms with Crippen LogP contribution in [0, 0.1) is 3.57 Å². The third-order valence-electron chi connectivity index (χ3n) is 2.78. The van der Waals surface area contributed by atoms with Crippen LogP contribution in [-0.2, 0) is 13.5 Å². The van der Waals surface area contributed by atoms with Crippen molar-refractivity contribution in [2.45, 2.75) is 18.9 Å². The van der Waals surface area contributed by atoms with Crippen molar-refractivity contribution in [2.75, 3.05) is 0 Å². The van der Waals surface area contributed by atoms with Crippen molar-refractivity contribution < 1.29 is 5.11 Å². The highest BCUT2D eigenvalue weighted by molar-refractivity contribution is 14.1. The monoisotopic (exact) mass is 420 g/mol. The molecule has 0 fully saturated rings. The SMILES string of the molecule is Cn1cc(CCC(O)c2cc(I)ccc2Br)cn1. The van der Waals surface area contributed by atoms with E-state index in [1.54, 1.807) is 4.68 Å². The molecule has 1 aromatic carbocycles. The second-order valence-corrected chi connectivity index (χ2v) is 6.34. The van der Waals surface area contributed by atoms with Crippen LogP contribution in [0.25, 0.3) is 0 Å². The third kappa shape index (κ3) is 3.55. The topological polar surface area (TPSA) is 38.0 Å². The second kappa shape index (κ2) is 6.16. The summed E-state index contributed by atoms with van der Waals surface area (Å²) < 4.78 is 3.87. The van der Waals surface area contributed by atoms with Gasteiger partial charge >= 0.3 is 0 Å². The van der Waals surface area contributed by atoms with Crippen molar-refractivity contribution in [2.24, 2.45) is 7.05 Å². The summed E-state index contributed by atoms with van der Waals surface area (Å²) in [7, 11) is 1.90. The van der Waals surface area contributed by atoms with Crippen molar-refractivity contribution in [3.05, 3.63) is 49.8 Å². The Hall–Kier alpha value is -0.400. The summed E-state index contributed by atoms with van der Waals surface area (Å²) in [5, 5.41) is 14.4. The van der Waals surface area contributed by atoms with E-state index >= 15 is 0 Å². The highest BCUT2D eigenvalue weighted by Crippen LogP contribution is 2.28. The van der Waals surface area contributed by atoms with Crippen molar-refractivity contribution in [3.63, 3.8) is 0 Å². The average Bonchev–Trinajstić information content (AvgIpc) is 2.75. The first-order chi connectivity index (χ1) is 8.56. The van der Waals surface area contributed by atoms with Crippen LogP contribution in [-0.4, -0.2) is 14.9 Å². The lowest BCUT2D eigenvalue weighted by Crippen LogP contribution is -2.01. The Balaban J connectivity index is 2.03. The van der Waals surface area contributed by atoms with E-state index in [0.29, 0.717) is 6.42 Å². The fourth-order valence-corrected chi connectivity index (χ4v) is 2.86. The maximum atomic E-state index is 10.2. The van der Waals surface area contributed by atoms with Crippen LogP contribution < -0.4 is 0 Å². The van der Waals surface area contributed by atoms with Crippen molar-refractivity contribution in [1.29, 1.82) is 0 Å². The normalized spacial score (nSPS) is 12.7. The lowest BCUT2D eigenvalue weighted by molar-refractivity contribution is 0.167. The predicted molar refractivity (Wildman–Crippen MR) is 83.3 cm³/mol. The van der Waals surface area contributed by atoms with Gasteiger partial charge in [-0.3, -0.25) is 4.68 Å². The zero-order valence-electron chi connectivity index (χ0n) is 9.98. The zero-order chi connectivity index (χ0) is 13.1. The van der Waals surface area contributed by atoms with Crippen LogP contribution in [0.1, 0.15) is 23.7 Å². The number of aliphatic hydroxyl groups is 1. The summed E-state index contributed by atoms with van der Waals surface area (Å²) in [5.74, 6) is 0. The molecular formula is C13H14BrIN2O. The van der Waals surface area contributed by atoms with E-state index in [1.165, 1.54) is 0 Å². The molecule has 96 valence electrons. The Morgan fingerprint density at radius 3 is 2.94 bits per heavy atom. The molecule has 3 nitrogen and oxygen atoms in total. The number of rotatable bonds is 4. The molecule has 18 heavy (non-hydrogen) atoms. The summed E-state index contributed by atoms with van der Waals surface area (Å²) in [6.07, 6.45) is 4.90. The van der Waals surface area contributed by atoms with Gasteiger partial charge in [0, 0.05) is 21.3 Å². The zero-order valence-corrected chi connectivity index (χ0v) is 13.7. The number of aryl methyl sites for hydroxylation is 2. The van der Waals surface area contributed by atoms with Gasteiger partial charge in [-0.2, -0.15) is 5.10 Å². The molecule has 0 saturated carbocycles. The van der Waals surface area contributed by atoms with E-state index in [0.717, 1.165) is 25.6 Å². The van der Waals surface area contributed by atoms with E-state index < -0.39 is 6.10 Å². The van der Waals surface area contributed by atoms with Gasteiger partial charge in [-0.25, -0.2) is 0 Å². The Morgan fingerprint density at radius 2 is 2.28 bits per heavy atom. The molecule has 0 aliphatic rings. The molecular weight excluding hydrogens is 407 g/mol. The van der Waals surface area contributed by atoms with Gasteiger partial charge in [-0.05, 0) is 64.8 Å². The van der Waals surface area contributed by atoms with Gasteiger partial charge in [-0.15, -0.1) is 0 Å². The predicted octanol–water partition coefficient (Wildman–Crippen LogP) is 3.45.